The molecule has 0 fully saturated rings. The maximum atomic E-state index is 5.71. The second-order valence-corrected chi connectivity index (χ2v) is 5.92. The van der Waals surface area contributed by atoms with Gasteiger partial charge in [0.05, 0.1) is 17.6 Å². The van der Waals surface area contributed by atoms with Gasteiger partial charge in [0.2, 0.25) is 0 Å². The number of aromatic amines is 1. The third-order valence-corrected chi connectivity index (χ3v) is 3.90. The smallest absolute Gasteiger partial charge is 0.166 e. The number of nitrogens with one attached hydrogen (secondary N) is 1. The molecular weight excluding hydrogens is 282 g/mol. The van der Waals surface area contributed by atoms with E-state index in [0.29, 0.717) is 12.3 Å². The predicted molar refractivity (Wildman–Crippen MR) is 87.9 cm³/mol. The fourth-order valence-electron chi connectivity index (χ4n) is 2.07. The van der Waals surface area contributed by atoms with Gasteiger partial charge in [-0.3, -0.25) is 0 Å². The van der Waals surface area contributed by atoms with Gasteiger partial charge in [0.15, 0.2) is 5.16 Å². The monoisotopic (exact) mass is 299 g/mol. The average Bonchev–Trinajstić information content (AvgIpc) is 2.85. The van der Waals surface area contributed by atoms with Gasteiger partial charge in [0.1, 0.15) is 5.75 Å². The molecule has 1 aromatic heterocycles. The number of H-pyrrole nitrogens is 1. The van der Waals surface area contributed by atoms with Gasteiger partial charge in [-0.25, -0.2) is 4.98 Å². The van der Waals surface area contributed by atoms with Gasteiger partial charge < -0.3 is 15.5 Å². The summed E-state index contributed by atoms with van der Waals surface area (Å²) in [4.78, 5) is 7.86. The summed E-state index contributed by atoms with van der Waals surface area (Å²) in [5.74, 6) is 1.63. The van der Waals surface area contributed by atoms with Crippen LogP contribution >= 0.6 is 11.8 Å². The van der Waals surface area contributed by atoms with E-state index < -0.39 is 0 Å². The molecule has 0 unspecified atom stereocenters. The molecule has 3 aromatic rings. The van der Waals surface area contributed by atoms with Crippen molar-refractivity contribution in [2.75, 3.05) is 18.1 Å². The molecule has 5 heteroatoms. The fourth-order valence-corrected chi connectivity index (χ4v) is 2.78. The lowest BCUT2D eigenvalue weighted by Gasteiger charge is -2.05. The maximum absolute atomic E-state index is 5.71. The molecule has 3 N–H and O–H groups in total. The number of hydrogen-bond donors (Lipinski definition) is 2. The number of rotatable bonds is 5. The maximum Gasteiger partial charge on any atom is 0.166 e. The number of ether oxygens (including phenoxy) is 1. The summed E-state index contributed by atoms with van der Waals surface area (Å²) >= 11 is 1.65. The molecule has 0 aliphatic rings. The van der Waals surface area contributed by atoms with Gasteiger partial charge >= 0.3 is 0 Å². The van der Waals surface area contributed by atoms with Crippen LogP contribution in [-0.4, -0.2) is 22.3 Å². The Morgan fingerprint density at radius 1 is 1.24 bits per heavy atom. The van der Waals surface area contributed by atoms with Crippen LogP contribution in [0.1, 0.15) is 5.56 Å². The van der Waals surface area contributed by atoms with Gasteiger partial charge in [-0.15, -0.1) is 0 Å². The lowest BCUT2D eigenvalue weighted by Crippen LogP contribution is -2.00. The molecule has 0 atom stereocenters. The van der Waals surface area contributed by atoms with Crippen molar-refractivity contribution >= 4 is 28.5 Å². The lowest BCUT2D eigenvalue weighted by atomic mass is 10.2. The number of hydrogen-bond acceptors (Lipinski definition) is 4. The van der Waals surface area contributed by atoms with E-state index in [1.807, 2.05) is 30.3 Å². The number of nitrogens with zero attached hydrogens (tertiary/aromatic N) is 1. The average molecular weight is 299 g/mol. The van der Waals surface area contributed by atoms with Crippen molar-refractivity contribution in [3.63, 3.8) is 0 Å². The zero-order chi connectivity index (χ0) is 14.7. The van der Waals surface area contributed by atoms with Crippen molar-refractivity contribution < 1.29 is 4.74 Å². The highest BCUT2D eigenvalue weighted by atomic mass is 32.2. The van der Waals surface area contributed by atoms with Crippen molar-refractivity contribution in [1.82, 2.24) is 9.97 Å². The summed E-state index contributed by atoms with van der Waals surface area (Å²) in [7, 11) is 0. The van der Waals surface area contributed by atoms with Crippen molar-refractivity contribution in [2.24, 2.45) is 0 Å². The standard InChI is InChI=1S/C16H17N3OS/c1-11-5-6-14-15(9-11)19-16(18-14)21-8-7-20-13-4-2-3-12(17)10-13/h2-6,9-10H,7-8,17H2,1H3,(H,18,19). The number of anilines is 1. The first-order valence-corrected chi connectivity index (χ1v) is 7.77. The Morgan fingerprint density at radius 3 is 3.00 bits per heavy atom. The lowest BCUT2D eigenvalue weighted by molar-refractivity contribution is 0.344. The zero-order valence-electron chi connectivity index (χ0n) is 11.8. The highest BCUT2D eigenvalue weighted by Crippen LogP contribution is 2.21. The number of aryl methyl sites for hydroxylation is 1. The van der Waals surface area contributed by atoms with Gasteiger partial charge in [-0.2, -0.15) is 0 Å². The number of nitrogens with two attached hydrogens (primary N) is 1. The van der Waals surface area contributed by atoms with E-state index in [-0.39, 0.29) is 0 Å². The van der Waals surface area contributed by atoms with E-state index >= 15 is 0 Å². The zero-order valence-corrected chi connectivity index (χ0v) is 12.6. The Bertz CT molecular complexity index is 754. The van der Waals surface area contributed by atoms with Crippen molar-refractivity contribution in [2.45, 2.75) is 12.1 Å². The SMILES string of the molecule is Cc1ccc2nc(SCCOc3cccc(N)c3)[nH]c2c1. The predicted octanol–water partition coefficient (Wildman–Crippen LogP) is 3.62. The minimum atomic E-state index is 0.615. The molecular formula is C16H17N3OS. The van der Waals surface area contributed by atoms with Crippen molar-refractivity contribution in [3.05, 3.63) is 48.0 Å². The van der Waals surface area contributed by atoms with Crippen LogP contribution < -0.4 is 10.5 Å². The van der Waals surface area contributed by atoms with Gasteiger partial charge in [0.25, 0.3) is 0 Å². The topological polar surface area (TPSA) is 63.9 Å². The molecule has 2 aromatic carbocycles. The third kappa shape index (κ3) is 3.49. The van der Waals surface area contributed by atoms with Crippen molar-refractivity contribution in [1.29, 1.82) is 0 Å². The number of thioether (sulfide) groups is 1. The Hall–Kier alpha value is -2.14. The molecule has 21 heavy (non-hydrogen) atoms. The molecule has 0 saturated heterocycles. The first-order chi connectivity index (χ1) is 10.2. The molecule has 108 valence electrons. The Kier molecular flexibility index (Phi) is 4.01. The molecule has 0 aliphatic heterocycles. The second kappa shape index (κ2) is 6.10. The number of benzene rings is 2. The highest BCUT2D eigenvalue weighted by Gasteiger charge is 2.03. The van der Waals surface area contributed by atoms with Gasteiger partial charge in [-0.05, 0) is 36.8 Å². The molecule has 4 nitrogen and oxygen atoms in total. The Labute approximate surface area is 127 Å². The Morgan fingerprint density at radius 2 is 2.14 bits per heavy atom. The number of fused-ring (bicyclic) bond motifs is 1. The van der Waals surface area contributed by atoms with Crippen molar-refractivity contribution in [3.8, 4) is 5.75 Å². The number of imidazole rings is 1. The minimum absolute atomic E-state index is 0.615. The van der Waals surface area contributed by atoms with Crippen LogP contribution in [0.4, 0.5) is 5.69 Å². The van der Waals surface area contributed by atoms with Crippen LogP contribution in [0.15, 0.2) is 47.6 Å². The third-order valence-electron chi connectivity index (χ3n) is 3.06. The normalized spacial score (nSPS) is 10.9. The Balaban J connectivity index is 1.54. The van der Waals surface area contributed by atoms with E-state index in [2.05, 4.69) is 29.0 Å². The summed E-state index contributed by atoms with van der Waals surface area (Å²) in [5, 5.41) is 0.923. The van der Waals surface area contributed by atoms with Crippen LogP contribution in [-0.2, 0) is 0 Å². The summed E-state index contributed by atoms with van der Waals surface area (Å²) in [5.41, 5.74) is 9.73. The van der Waals surface area contributed by atoms with E-state index in [0.717, 1.165) is 27.7 Å². The molecule has 0 amide bonds. The minimum Gasteiger partial charge on any atom is -0.493 e. The van der Waals surface area contributed by atoms with Crippen LogP contribution in [0.25, 0.3) is 11.0 Å². The molecule has 0 radical (unpaired) electrons. The molecule has 0 spiro atoms. The first-order valence-electron chi connectivity index (χ1n) is 6.78. The summed E-state index contributed by atoms with van der Waals surface area (Å²) in [6, 6.07) is 13.7. The molecule has 0 bridgehead atoms. The molecule has 0 saturated carbocycles. The fraction of sp³-hybridized carbons (Fsp3) is 0.188. The summed E-state index contributed by atoms with van der Waals surface area (Å²) in [6.45, 7) is 2.69. The number of nitrogen functional groups attached to an aromatic ring is 1. The highest BCUT2D eigenvalue weighted by molar-refractivity contribution is 7.99. The van der Waals surface area contributed by atoms with Crippen LogP contribution in [0.5, 0.6) is 5.75 Å². The van der Waals surface area contributed by atoms with Gasteiger partial charge in [0, 0.05) is 17.5 Å². The molecule has 3 rings (SSSR count). The first kappa shape index (κ1) is 13.8. The number of aromatic nitrogens is 2. The van der Waals surface area contributed by atoms with Crippen LogP contribution in [0.3, 0.4) is 0 Å². The van der Waals surface area contributed by atoms with Crippen LogP contribution in [0, 0.1) is 6.92 Å². The van der Waals surface area contributed by atoms with E-state index in [1.54, 1.807) is 11.8 Å². The van der Waals surface area contributed by atoms with Gasteiger partial charge in [-0.1, -0.05) is 23.9 Å². The van der Waals surface area contributed by atoms with E-state index in [9.17, 15) is 0 Å². The second-order valence-electron chi connectivity index (χ2n) is 4.83. The summed E-state index contributed by atoms with van der Waals surface area (Å²) < 4.78 is 5.66. The molecule has 1 heterocycles. The van der Waals surface area contributed by atoms with Crippen LogP contribution in [0.2, 0.25) is 0 Å². The largest absolute Gasteiger partial charge is 0.493 e. The van der Waals surface area contributed by atoms with E-state index in [4.69, 9.17) is 10.5 Å². The van der Waals surface area contributed by atoms with E-state index in [1.165, 1.54) is 5.56 Å². The molecule has 0 aliphatic carbocycles. The quantitative estimate of drug-likeness (QED) is 0.429. The summed E-state index contributed by atoms with van der Waals surface area (Å²) in [6.07, 6.45) is 0.